The molecule has 3 heteroatoms. The van der Waals surface area contributed by atoms with Gasteiger partial charge in [0.1, 0.15) is 0 Å². The highest BCUT2D eigenvalue weighted by Crippen LogP contribution is 2.13. The predicted molar refractivity (Wildman–Crippen MR) is 82.7 cm³/mol. The van der Waals surface area contributed by atoms with Crippen molar-refractivity contribution in [2.45, 2.75) is 26.9 Å². The molecule has 1 rings (SSSR count). The first-order valence-electron chi connectivity index (χ1n) is 6.43. The van der Waals surface area contributed by atoms with Crippen molar-refractivity contribution in [3.05, 3.63) is 54.4 Å². The SMILES string of the molecule is C=CC(=N/C(=C\C)OC(C)C)c1ccc(NC)cc1. The maximum Gasteiger partial charge on any atom is 0.209 e. The molecule has 0 aliphatic carbocycles. The lowest BCUT2D eigenvalue weighted by molar-refractivity contribution is 0.145. The van der Waals surface area contributed by atoms with Crippen LogP contribution < -0.4 is 5.32 Å². The fourth-order valence-corrected chi connectivity index (χ4v) is 1.55. The number of aliphatic imine (C=N–C) groups is 1. The molecule has 0 amide bonds. The van der Waals surface area contributed by atoms with Crippen molar-refractivity contribution < 1.29 is 4.74 Å². The number of nitrogens with zero attached hydrogens (tertiary/aromatic N) is 1. The zero-order valence-electron chi connectivity index (χ0n) is 12.1. The van der Waals surface area contributed by atoms with Crippen LogP contribution in [-0.2, 0) is 4.74 Å². The van der Waals surface area contributed by atoms with Crippen molar-refractivity contribution in [1.29, 1.82) is 0 Å². The van der Waals surface area contributed by atoms with Gasteiger partial charge in [-0.05, 0) is 45.1 Å². The second-order valence-corrected chi connectivity index (χ2v) is 4.32. The minimum absolute atomic E-state index is 0.104. The average molecular weight is 258 g/mol. The zero-order chi connectivity index (χ0) is 14.3. The van der Waals surface area contributed by atoms with E-state index in [2.05, 4.69) is 16.9 Å². The molecule has 1 aromatic rings. The molecule has 0 aromatic heterocycles. The Balaban J connectivity index is 3.00. The van der Waals surface area contributed by atoms with Gasteiger partial charge in [-0.2, -0.15) is 0 Å². The highest BCUT2D eigenvalue weighted by Gasteiger charge is 2.03. The minimum Gasteiger partial charge on any atom is -0.475 e. The summed E-state index contributed by atoms with van der Waals surface area (Å²) in [5.41, 5.74) is 2.88. The summed E-state index contributed by atoms with van der Waals surface area (Å²) in [6, 6.07) is 8.03. The van der Waals surface area contributed by atoms with E-state index in [1.54, 1.807) is 6.08 Å². The summed E-state index contributed by atoms with van der Waals surface area (Å²) in [5.74, 6) is 0.614. The van der Waals surface area contributed by atoms with Crippen molar-refractivity contribution >= 4 is 11.4 Å². The summed E-state index contributed by atoms with van der Waals surface area (Å²) in [4.78, 5) is 4.50. The van der Waals surface area contributed by atoms with Crippen molar-refractivity contribution in [3.63, 3.8) is 0 Å². The molecule has 0 aliphatic heterocycles. The minimum atomic E-state index is 0.104. The average Bonchev–Trinajstić information content (AvgIpc) is 2.43. The van der Waals surface area contributed by atoms with Crippen LogP contribution >= 0.6 is 0 Å². The maximum atomic E-state index is 5.61. The van der Waals surface area contributed by atoms with Crippen LogP contribution in [-0.4, -0.2) is 18.9 Å². The van der Waals surface area contributed by atoms with E-state index in [1.807, 2.05) is 58.2 Å². The molecular formula is C16H22N2O. The van der Waals surface area contributed by atoms with Crippen LogP contribution in [0.25, 0.3) is 0 Å². The van der Waals surface area contributed by atoms with Gasteiger partial charge in [0.05, 0.1) is 11.8 Å². The van der Waals surface area contributed by atoms with Gasteiger partial charge in [-0.25, -0.2) is 4.99 Å². The Kier molecular flexibility index (Phi) is 5.86. The molecule has 0 unspecified atom stereocenters. The summed E-state index contributed by atoms with van der Waals surface area (Å²) in [6.07, 6.45) is 3.69. The maximum absolute atomic E-state index is 5.61. The highest BCUT2D eigenvalue weighted by molar-refractivity contribution is 6.08. The Morgan fingerprint density at radius 2 is 1.95 bits per heavy atom. The van der Waals surface area contributed by atoms with Crippen molar-refractivity contribution in [2.24, 2.45) is 4.99 Å². The number of nitrogens with one attached hydrogen (secondary N) is 1. The Morgan fingerprint density at radius 3 is 2.37 bits per heavy atom. The fraction of sp³-hybridized carbons (Fsp3) is 0.312. The van der Waals surface area contributed by atoms with E-state index in [1.165, 1.54) is 0 Å². The second-order valence-electron chi connectivity index (χ2n) is 4.32. The molecule has 102 valence electrons. The largest absolute Gasteiger partial charge is 0.475 e. The van der Waals surface area contributed by atoms with E-state index in [4.69, 9.17) is 4.74 Å². The number of hydrogen-bond donors (Lipinski definition) is 1. The van der Waals surface area contributed by atoms with Crippen LogP contribution in [0, 0.1) is 0 Å². The molecule has 0 aliphatic rings. The molecule has 0 bridgehead atoms. The van der Waals surface area contributed by atoms with E-state index in [0.717, 1.165) is 17.0 Å². The monoisotopic (exact) mass is 258 g/mol. The first-order chi connectivity index (χ1) is 9.10. The van der Waals surface area contributed by atoms with Crippen LogP contribution in [0.1, 0.15) is 26.3 Å². The first kappa shape index (κ1) is 15.0. The van der Waals surface area contributed by atoms with Gasteiger partial charge in [-0.1, -0.05) is 18.7 Å². The third-order valence-corrected chi connectivity index (χ3v) is 2.50. The molecule has 1 aromatic carbocycles. The number of allylic oxidation sites excluding steroid dienone is 2. The summed E-state index contributed by atoms with van der Waals surface area (Å²) in [5, 5.41) is 3.09. The van der Waals surface area contributed by atoms with Crippen molar-refractivity contribution in [2.75, 3.05) is 12.4 Å². The van der Waals surface area contributed by atoms with E-state index in [-0.39, 0.29) is 6.10 Å². The molecule has 19 heavy (non-hydrogen) atoms. The number of ether oxygens (including phenoxy) is 1. The van der Waals surface area contributed by atoms with Gasteiger partial charge >= 0.3 is 0 Å². The van der Waals surface area contributed by atoms with E-state index < -0.39 is 0 Å². The molecule has 0 saturated carbocycles. The van der Waals surface area contributed by atoms with Crippen LogP contribution in [0.2, 0.25) is 0 Å². The fourth-order valence-electron chi connectivity index (χ4n) is 1.55. The third kappa shape index (κ3) is 4.62. The summed E-state index contributed by atoms with van der Waals surface area (Å²) < 4.78 is 5.61. The molecule has 0 radical (unpaired) electrons. The number of rotatable bonds is 6. The van der Waals surface area contributed by atoms with Gasteiger partial charge in [-0.3, -0.25) is 0 Å². The van der Waals surface area contributed by atoms with Gasteiger partial charge < -0.3 is 10.1 Å². The number of anilines is 1. The highest BCUT2D eigenvalue weighted by atomic mass is 16.5. The van der Waals surface area contributed by atoms with Crippen molar-refractivity contribution in [1.82, 2.24) is 0 Å². The number of hydrogen-bond acceptors (Lipinski definition) is 3. The molecular weight excluding hydrogens is 236 g/mol. The third-order valence-electron chi connectivity index (χ3n) is 2.50. The van der Waals surface area contributed by atoms with Crippen LogP contribution in [0.5, 0.6) is 0 Å². The molecule has 1 N–H and O–H groups in total. The van der Waals surface area contributed by atoms with Gasteiger partial charge in [0.15, 0.2) is 0 Å². The van der Waals surface area contributed by atoms with E-state index in [9.17, 15) is 0 Å². The molecule has 0 fully saturated rings. The molecule has 0 saturated heterocycles. The van der Waals surface area contributed by atoms with Crippen molar-refractivity contribution in [3.8, 4) is 0 Å². The Hall–Kier alpha value is -2.03. The smallest absolute Gasteiger partial charge is 0.209 e. The Bertz CT molecular complexity index is 470. The Labute approximate surface area is 115 Å². The van der Waals surface area contributed by atoms with Gasteiger partial charge in [0, 0.05) is 18.3 Å². The van der Waals surface area contributed by atoms with Crippen LogP contribution in [0.3, 0.4) is 0 Å². The van der Waals surface area contributed by atoms with Crippen LogP contribution in [0.4, 0.5) is 5.69 Å². The summed E-state index contributed by atoms with van der Waals surface area (Å²) >= 11 is 0. The number of benzene rings is 1. The second kappa shape index (κ2) is 7.41. The summed E-state index contributed by atoms with van der Waals surface area (Å²) in [6.45, 7) is 9.69. The Morgan fingerprint density at radius 1 is 1.32 bits per heavy atom. The normalized spacial score (nSPS) is 12.5. The lowest BCUT2D eigenvalue weighted by Gasteiger charge is -2.11. The predicted octanol–water partition coefficient (Wildman–Crippen LogP) is 3.99. The van der Waals surface area contributed by atoms with Crippen LogP contribution in [0.15, 0.2) is 53.9 Å². The van der Waals surface area contributed by atoms with E-state index in [0.29, 0.717) is 5.88 Å². The summed E-state index contributed by atoms with van der Waals surface area (Å²) in [7, 11) is 1.89. The lowest BCUT2D eigenvalue weighted by Crippen LogP contribution is -2.04. The molecule has 3 nitrogen and oxygen atoms in total. The van der Waals surface area contributed by atoms with Gasteiger partial charge in [0.2, 0.25) is 5.88 Å². The standard InChI is InChI=1S/C16H22N2O/c1-6-15(18-16(7-2)19-12(3)4)13-8-10-14(17-5)11-9-13/h6-12,17H,1H2,2-5H3/b16-7+,18-15?. The topological polar surface area (TPSA) is 33.6 Å². The van der Waals surface area contributed by atoms with Gasteiger partial charge in [-0.15, -0.1) is 0 Å². The molecule has 0 spiro atoms. The van der Waals surface area contributed by atoms with E-state index >= 15 is 0 Å². The molecule has 0 heterocycles. The zero-order valence-corrected chi connectivity index (χ0v) is 12.1. The molecule has 0 atom stereocenters. The van der Waals surface area contributed by atoms with Gasteiger partial charge in [0.25, 0.3) is 0 Å². The lowest BCUT2D eigenvalue weighted by atomic mass is 10.1. The first-order valence-corrected chi connectivity index (χ1v) is 6.43. The quantitative estimate of drug-likeness (QED) is 0.618.